The Bertz CT molecular complexity index is 724. The highest BCUT2D eigenvalue weighted by Crippen LogP contribution is 2.24. The van der Waals surface area contributed by atoms with Crippen molar-refractivity contribution in [3.8, 4) is 0 Å². The van der Waals surface area contributed by atoms with Gasteiger partial charge in [-0.05, 0) is 31.9 Å². The fourth-order valence-electron chi connectivity index (χ4n) is 3.53. The number of carbonyl (C=O) groups is 1. The van der Waals surface area contributed by atoms with Gasteiger partial charge in [0.05, 0.1) is 12.0 Å². The minimum absolute atomic E-state index is 0.0109. The Morgan fingerprint density at radius 3 is 2.88 bits per heavy atom. The Hall–Kier alpha value is -2.22. The van der Waals surface area contributed by atoms with Gasteiger partial charge in [0.15, 0.2) is 5.65 Å². The molecule has 0 unspecified atom stereocenters. The lowest BCUT2D eigenvalue weighted by Crippen LogP contribution is -2.52. The van der Waals surface area contributed by atoms with Gasteiger partial charge in [-0.15, -0.1) is 15.3 Å². The lowest BCUT2D eigenvalue weighted by molar-refractivity contribution is -0.144. The number of amides is 1. The van der Waals surface area contributed by atoms with E-state index in [0.29, 0.717) is 0 Å². The van der Waals surface area contributed by atoms with E-state index < -0.39 is 0 Å². The van der Waals surface area contributed by atoms with E-state index in [0.717, 1.165) is 57.1 Å². The van der Waals surface area contributed by atoms with E-state index in [-0.39, 0.29) is 17.9 Å². The molecular formula is C16H22N6O2. The van der Waals surface area contributed by atoms with Gasteiger partial charge in [-0.3, -0.25) is 4.79 Å². The molecule has 4 heterocycles. The van der Waals surface area contributed by atoms with Crippen molar-refractivity contribution in [3.05, 3.63) is 18.5 Å². The number of carbonyl (C=O) groups excluding carboxylic acids is 1. The zero-order chi connectivity index (χ0) is 16.5. The molecule has 0 N–H and O–H groups in total. The van der Waals surface area contributed by atoms with E-state index in [1.807, 2.05) is 24.0 Å². The van der Waals surface area contributed by atoms with Crippen molar-refractivity contribution in [1.82, 2.24) is 24.7 Å². The van der Waals surface area contributed by atoms with Gasteiger partial charge in [-0.25, -0.2) is 0 Å². The Balaban J connectivity index is 1.40. The van der Waals surface area contributed by atoms with Crippen LogP contribution < -0.4 is 4.90 Å². The first kappa shape index (κ1) is 15.3. The summed E-state index contributed by atoms with van der Waals surface area (Å²) in [6.07, 6.45) is 3.54. The zero-order valence-electron chi connectivity index (χ0n) is 13.8. The molecule has 2 fully saturated rings. The van der Waals surface area contributed by atoms with Gasteiger partial charge in [-0.1, -0.05) is 0 Å². The molecule has 0 bridgehead atoms. The summed E-state index contributed by atoms with van der Waals surface area (Å²) in [5, 5.41) is 12.3. The van der Waals surface area contributed by atoms with E-state index in [4.69, 9.17) is 4.74 Å². The number of aromatic nitrogens is 4. The standard InChI is InChI=1S/C16H22N6O2/c1-12-13(3-2-10-24-12)16(23)21-8-6-20(7-9-21)15-5-4-14-18-17-11-22(14)19-15/h4-5,11-13H,2-3,6-10H2,1H3/t12-,13-/m1/s1. The average molecular weight is 330 g/mol. The van der Waals surface area contributed by atoms with Gasteiger partial charge < -0.3 is 14.5 Å². The van der Waals surface area contributed by atoms with Crippen molar-refractivity contribution >= 4 is 17.4 Å². The van der Waals surface area contributed by atoms with Gasteiger partial charge in [0.2, 0.25) is 5.91 Å². The summed E-state index contributed by atoms with van der Waals surface area (Å²) in [4.78, 5) is 16.9. The molecule has 0 radical (unpaired) electrons. The number of piperazine rings is 1. The van der Waals surface area contributed by atoms with E-state index in [1.165, 1.54) is 0 Å². The molecule has 0 saturated carbocycles. The molecule has 4 rings (SSSR count). The maximum Gasteiger partial charge on any atom is 0.228 e. The summed E-state index contributed by atoms with van der Waals surface area (Å²) < 4.78 is 7.32. The van der Waals surface area contributed by atoms with Crippen molar-refractivity contribution in [3.63, 3.8) is 0 Å². The third kappa shape index (κ3) is 2.82. The van der Waals surface area contributed by atoms with Crippen LogP contribution in [0.5, 0.6) is 0 Å². The van der Waals surface area contributed by atoms with Crippen LogP contribution in [0, 0.1) is 5.92 Å². The van der Waals surface area contributed by atoms with Crippen LogP contribution in [0.2, 0.25) is 0 Å². The van der Waals surface area contributed by atoms with Crippen molar-refractivity contribution in [2.24, 2.45) is 5.92 Å². The maximum absolute atomic E-state index is 12.7. The van der Waals surface area contributed by atoms with Crippen LogP contribution in [0.25, 0.3) is 5.65 Å². The van der Waals surface area contributed by atoms with Gasteiger partial charge in [0, 0.05) is 32.8 Å². The molecule has 2 aliphatic rings. The summed E-state index contributed by atoms with van der Waals surface area (Å²) in [6, 6.07) is 3.87. The number of nitrogens with zero attached hydrogens (tertiary/aromatic N) is 6. The number of hydrogen-bond donors (Lipinski definition) is 0. The first-order valence-corrected chi connectivity index (χ1v) is 8.55. The molecule has 1 amide bonds. The van der Waals surface area contributed by atoms with E-state index >= 15 is 0 Å². The second kappa shape index (κ2) is 6.35. The molecule has 2 aromatic rings. The topological polar surface area (TPSA) is 75.9 Å². The number of anilines is 1. The normalized spacial score (nSPS) is 25.2. The molecule has 8 heteroatoms. The zero-order valence-corrected chi connectivity index (χ0v) is 13.8. The van der Waals surface area contributed by atoms with Crippen LogP contribution in [-0.4, -0.2) is 69.5 Å². The van der Waals surface area contributed by atoms with Gasteiger partial charge in [0.25, 0.3) is 0 Å². The predicted octanol–water partition coefficient (Wildman–Crippen LogP) is 0.588. The number of hydrogen-bond acceptors (Lipinski definition) is 6. The molecule has 2 atom stereocenters. The number of ether oxygens (including phenoxy) is 1. The van der Waals surface area contributed by atoms with Crippen molar-refractivity contribution in [2.75, 3.05) is 37.7 Å². The highest BCUT2D eigenvalue weighted by atomic mass is 16.5. The maximum atomic E-state index is 12.7. The smallest absolute Gasteiger partial charge is 0.228 e. The summed E-state index contributed by atoms with van der Waals surface area (Å²) in [7, 11) is 0. The Kier molecular flexibility index (Phi) is 4.05. The molecule has 24 heavy (non-hydrogen) atoms. The summed E-state index contributed by atoms with van der Waals surface area (Å²) in [5.41, 5.74) is 0.735. The molecule has 128 valence electrons. The molecule has 8 nitrogen and oxygen atoms in total. The van der Waals surface area contributed by atoms with E-state index in [1.54, 1.807) is 10.8 Å². The summed E-state index contributed by atoms with van der Waals surface area (Å²) >= 11 is 0. The SMILES string of the molecule is C[C@H]1OCCC[C@H]1C(=O)N1CCN(c2ccc3nncn3n2)CC1. The Morgan fingerprint density at radius 1 is 1.25 bits per heavy atom. The predicted molar refractivity (Wildman–Crippen MR) is 87.7 cm³/mol. The summed E-state index contributed by atoms with van der Waals surface area (Å²) in [5.74, 6) is 1.14. The fourth-order valence-corrected chi connectivity index (χ4v) is 3.53. The van der Waals surface area contributed by atoms with Crippen LogP contribution in [0.3, 0.4) is 0 Å². The largest absolute Gasteiger partial charge is 0.378 e. The molecule has 0 spiro atoms. The highest BCUT2D eigenvalue weighted by molar-refractivity contribution is 5.79. The van der Waals surface area contributed by atoms with Crippen LogP contribution in [0.15, 0.2) is 18.5 Å². The minimum atomic E-state index is 0.0109. The number of fused-ring (bicyclic) bond motifs is 1. The monoisotopic (exact) mass is 330 g/mol. The van der Waals surface area contributed by atoms with E-state index in [9.17, 15) is 4.79 Å². The van der Waals surface area contributed by atoms with E-state index in [2.05, 4.69) is 20.2 Å². The average Bonchev–Trinajstić information content (AvgIpc) is 3.09. The van der Waals surface area contributed by atoms with Gasteiger partial charge in [0.1, 0.15) is 12.1 Å². The highest BCUT2D eigenvalue weighted by Gasteiger charge is 2.33. The third-order valence-electron chi connectivity index (χ3n) is 4.99. The lowest BCUT2D eigenvalue weighted by atomic mass is 9.93. The quantitative estimate of drug-likeness (QED) is 0.802. The second-order valence-corrected chi connectivity index (χ2v) is 6.46. The number of rotatable bonds is 2. The van der Waals surface area contributed by atoms with Crippen molar-refractivity contribution < 1.29 is 9.53 Å². The molecule has 0 aromatic carbocycles. The van der Waals surface area contributed by atoms with Crippen LogP contribution in [-0.2, 0) is 9.53 Å². The molecular weight excluding hydrogens is 308 g/mol. The Labute approximate surface area is 140 Å². The van der Waals surface area contributed by atoms with Crippen LogP contribution in [0.1, 0.15) is 19.8 Å². The summed E-state index contributed by atoms with van der Waals surface area (Å²) in [6.45, 7) is 5.81. The molecule has 2 saturated heterocycles. The Morgan fingerprint density at radius 2 is 2.08 bits per heavy atom. The molecule has 2 aromatic heterocycles. The third-order valence-corrected chi connectivity index (χ3v) is 4.99. The van der Waals surface area contributed by atoms with Crippen LogP contribution >= 0.6 is 0 Å². The van der Waals surface area contributed by atoms with Gasteiger partial charge in [-0.2, -0.15) is 4.52 Å². The van der Waals surface area contributed by atoms with Gasteiger partial charge >= 0.3 is 0 Å². The lowest BCUT2D eigenvalue weighted by Gasteiger charge is -2.38. The minimum Gasteiger partial charge on any atom is -0.378 e. The van der Waals surface area contributed by atoms with Crippen molar-refractivity contribution in [2.45, 2.75) is 25.9 Å². The first-order chi connectivity index (χ1) is 11.7. The van der Waals surface area contributed by atoms with Crippen LogP contribution in [0.4, 0.5) is 5.82 Å². The first-order valence-electron chi connectivity index (χ1n) is 8.55. The fraction of sp³-hybridized carbons (Fsp3) is 0.625. The second-order valence-electron chi connectivity index (χ2n) is 6.46. The molecule has 0 aliphatic carbocycles. The molecule has 2 aliphatic heterocycles. The van der Waals surface area contributed by atoms with Crippen molar-refractivity contribution in [1.29, 1.82) is 0 Å².